The molecule has 1 N–H and O–H groups in total. The third-order valence-corrected chi connectivity index (χ3v) is 3.77. The zero-order valence-electron chi connectivity index (χ0n) is 11.6. The van der Waals surface area contributed by atoms with Crippen LogP contribution in [0, 0.1) is 0 Å². The van der Waals surface area contributed by atoms with E-state index in [4.69, 9.17) is 0 Å². The van der Waals surface area contributed by atoms with Gasteiger partial charge >= 0.3 is 0 Å². The number of nitrogens with zero attached hydrogens (tertiary/aromatic N) is 2. The number of thiazole rings is 1. The lowest BCUT2D eigenvalue weighted by molar-refractivity contribution is 0.376. The number of anilines is 1. The molecular weight excluding hydrogens is 254 g/mol. The summed E-state index contributed by atoms with van der Waals surface area (Å²) in [5.41, 5.74) is 4.76. The fraction of sp³-hybridized carbons (Fsp3) is 0.267. The standard InChI is InChI=1S/C15H19N3S/c1-11(2)18(4)8-7-12(3)17-13-5-6-15-14(9-13)16-10-19-15/h5-11,17H,3H2,1-2,4H3/b8-7-. The van der Waals surface area contributed by atoms with Gasteiger partial charge in [0.2, 0.25) is 0 Å². The van der Waals surface area contributed by atoms with E-state index in [0.717, 1.165) is 16.9 Å². The molecule has 0 aliphatic rings. The van der Waals surface area contributed by atoms with Crippen LogP contribution in [0.2, 0.25) is 0 Å². The molecule has 0 aliphatic heterocycles. The summed E-state index contributed by atoms with van der Waals surface area (Å²) in [5.74, 6) is 0. The molecule has 0 fully saturated rings. The van der Waals surface area contributed by atoms with E-state index in [0.29, 0.717) is 6.04 Å². The monoisotopic (exact) mass is 273 g/mol. The topological polar surface area (TPSA) is 28.2 Å². The first kappa shape index (κ1) is 13.6. The van der Waals surface area contributed by atoms with Crippen molar-refractivity contribution >= 4 is 27.2 Å². The van der Waals surface area contributed by atoms with Crippen LogP contribution in [0.25, 0.3) is 10.2 Å². The molecule has 1 aromatic carbocycles. The van der Waals surface area contributed by atoms with Crippen molar-refractivity contribution in [1.29, 1.82) is 0 Å². The van der Waals surface area contributed by atoms with Crippen LogP contribution in [0.1, 0.15) is 13.8 Å². The molecule has 4 heteroatoms. The second kappa shape index (κ2) is 5.89. The molecule has 2 aromatic rings. The maximum absolute atomic E-state index is 4.31. The van der Waals surface area contributed by atoms with Gasteiger partial charge in [-0.25, -0.2) is 4.98 Å². The van der Waals surface area contributed by atoms with Gasteiger partial charge in [-0.1, -0.05) is 6.58 Å². The molecule has 0 radical (unpaired) electrons. The van der Waals surface area contributed by atoms with Gasteiger partial charge in [-0.05, 0) is 38.1 Å². The maximum Gasteiger partial charge on any atom is 0.0832 e. The normalized spacial score (nSPS) is 11.4. The predicted octanol–water partition coefficient (Wildman–Crippen LogP) is 4.08. The molecule has 0 atom stereocenters. The summed E-state index contributed by atoms with van der Waals surface area (Å²) in [7, 11) is 2.05. The average molecular weight is 273 g/mol. The molecule has 100 valence electrons. The number of hydrogen-bond acceptors (Lipinski definition) is 4. The first-order chi connectivity index (χ1) is 9.06. The van der Waals surface area contributed by atoms with Crippen LogP contribution in [0.15, 0.2) is 48.3 Å². The number of nitrogens with one attached hydrogen (secondary N) is 1. The SMILES string of the molecule is C=C(/C=C\N(C)C(C)C)Nc1ccc2scnc2c1. The average Bonchev–Trinajstić information content (AvgIpc) is 2.83. The van der Waals surface area contributed by atoms with Crippen LogP contribution < -0.4 is 5.32 Å². The molecule has 0 saturated carbocycles. The van der Waals surface area contributed by atoms with Crippen LogP contribution in [0.3, 0.4) is 0 Å². The van der Waals surface area contributed by atoms with Crippen LogP contribution in [-0.4, -0.2) is 23.0 Å². The highest BCUT2D eigenvalue weighted by Crippen LogP contribution is 2.22. The Morgan fingerprint density at radius 1 is 1.47 bits per heavy atom. The minimum absolute atomic E-state index is 0.482. The number of benzene rings is 1. The van der Waals surface area contributed by atoms with E-state index >= 15 is 0 Å². The number of rotatable bonds is 5. The van der Waals surface area contributed by atoms with Crippen LogP contribution >= 0.6 is 11.3 Å². The van der Waals surface area contributed by atoms with Crippen LogP contribution in [-0.2, 0) is 0 Å². The van der Waals surface area contributed by atoms with Crippen molar-refractivity contribution < 1.29 is 0 Å². The van der Waals surface area contributed by atoms with E-state index in [1.54, 1.807) is 11.3 Å². The summed E-state index contributed by atoms with van der Waals surface area (Å²) in [6, 6.07) is 6.64. The predicted molar refractivity (Wildman–Crippen MR) is 84.4 cm³/mol. The zero-order chi connectivity index (χ0) is 13.8. The Kier molecular flexibility index (Phi) is 4.22. The minimum atomic E-state index is 0.482. The lowest BCUT2D eigenvalue weighted by atomic mass is 10.3. The molecule has 2 rings (SSSR count). The molecule has 3 nitrogen and oxygen atoms in total. The van der Waals surface area contributed by atoms with Crippen molar-refractivity contribution in [3.05, 3.63) is 48.3 Å². The summed E-state index contributed by atoms with van der Waals surface area (Å²) in [6.45, 7) is 8.31. The number of hydrogen-bond donors (Lipinski definition) is 1. The van der Waals surface area contributed by atoms with Gasteiger partial charge in [0.25, 0.3) is 0 Å². The first-order valence-electron chi connectivity index (χ1n) is 6.25. The minimum Gasteiger partial charge on any atom is -0.378 e. The molecule has 1 heterocycles. The first-order valence-corrected chi connectivity index (χ1v) is 7.13. The molecule has 0 aliphatic carbocycles. The fourth-order valence-electron chi connectivity index (χ4n) is 1.54. The van der Waals surface area contributed by atoms with Crippen molar-refractivity contribution in [3.63, 3.8) is 0 Å². The summed E-state index contributed by atoms with van der Waals surface area (Å²) in [5, 5.41) is 3.27. The molecule has 0 saturated heterocycles. The number of fused-ring (bicyclic) bond motifs is 1. The van der Waals surface area contributed by atoms with Crippen molar-refractivity contribution in [1.82, 2.24) is 9.88 Å². The van der Waals surface area contributed by atoms with Gasteiger partial charge < -0.3 is 10.2 Å². The van der Waals surface area contributed by atoms with Crippen molar-refractivity contribution in [2.75, 3.05) is 12.4 Å². The van der Waals surface area contributed by atoms with Crippen LogP contribution in [0.4, 0.5) is 5.69 Å². The van der Waals surface area contributed by atoms with E-state index in [1.807, 2.05) is 29.9 Å². The zero-order valence-corrected chi connectivity index (χ0v) is 12.4. The largest absolute Gasteiger partial charge is 0.378 e. The molecule has 0 spiro atoms. The Balaban J connectivity index is 2.02. The lowest BCUT2D eigenvalue weighted by Crippen LogP contribution is -2.19. The molecule has 0 unspecified atom stereocenters. The molecule has 19 heavy (non-hydrogen) atoms. The van der Waals surface area contributed by atoms with E-state index in [9.17, 15) is 0 Å². The van der Waals surface area contributed by atoms with Gasteiger partial charge in [0, 0.05) is 30.7 Å². The molecule has 0 bridgehead atoms. The Morgan fingerprint density at radius 2 is 2.26 bits per heavy atom. The van der Waals surface area contributed by atoms with Crippen molar-refractivity contribution in [2.45, 2.75) is 19.9 Å². The van der Waals surface area contributed by atoms with Gasteiger partial charge in [-0.2, -0.15) is 0 Å². The number of aromatic nitrogens is 1. The Morgan fingerprint density at radius 3 is 3.00 bits per heavy atom. The molecule has 0 amide bonds. The smallest absolute Gasteiger partial charge is 0.0832 e. The van der Waals surface area contributed by atoms with E-state index in [2.05, 4.69) is 48.7 Å². The lowest BCUT2D eigenvalue weighted by Gasteiger charge is -2.18. The summed E-state index contributed by atoms with van der Waals surface area (Å²) in [4.78, 5) is 6.44. The molecular formula is C15H19N3S. The third-order valence-electron chi connectivity index (χ3n) is 2.96. The van der Waals surface area contributed by atoms with Gasteiger partial charge in [-0.3, -0.25) is 0 Å². The Bertz CT molecular complexity index is 598. The number of allylic oxidation sites excluding steroid dienone is 1. The Labute approximate surface area is 118 Å². The van der Waals surface area contributed by atoms with E-state index in [-0.39, 0.29) is 0 Å². The molecule has 1 aromatic heterocycles. The fourth-order valence-corrected chi connectivity index (χ4v) is 2.20. The quantitative estimate of drug-likeness (QED) is 0.832. The summed E-state index contributed by atoms with van der Waals surface area (Å²) >= 11 is 1.65. The second-order valence-electron chi connectivity index (χ2n) is 4.76. The van der Waals surface area contributed by atoms with Crippen molar-refractivity contribution in [2.24, 2.45) is 0 Å². The highest BCUT2D eigenvalue weighted by Gasteiger charge is 2.00. The third kappa shape index (κ3) is 3.58. The van der Waals surface area contributed by atoms with Crippen molar-refractivity contribution in [3.8, 4) is 0 Å². The summed E-state index contributed by atoms with van der Waals surface area (Å²) < 4.78 is 1.20. The highest BCUT2D eigenvalue weighted by molar-refractivity contribution is 7.16. The highest BCUT2D eigenvalue weighted by atomic mass is 32.1. The van der Waals surface area contributed by atoms with Gasteiger partial charge in [0.15, 0.2) is 0 Å². The van der Waals surface area contributed by atoms with E-state index in [1.165, 1.54) is 4.70 Å². The van der Waals surface area contributed by atoms with Crippen LogP contribution in [0.5, 0.6) is 0 Å². The Hall–Kier alpha value is -1.81. The summed E-state index contributed by atoms with van der Waals surface area (Å²) in [6.07, 6.45) is 4.01. The van der Waals surface area contributed by atoms with Gasteiger partial charge in [-0.15, -0.1) is 11.3 Å². The van der Waals surface area contributed by atoms with Gasteiger partial charge in [0.05, 0.1) is 15.7 Å². The van der Waals surface area contributed by atoms with E-state index < -0.39 is 0 Å². The van der Waals surface area contributed by atoms with Gasteiger partial charge in [0.1, 0.15) is 0 Å². The maximum atomic E-state index is 4.31. The second-order valence-corrected chi connectivity index (χ2v) is 5.65.